The van der Waals surface area contributed by atoms with Crippen LogP contribution < -0.4 is 4.74 Å². The van der Waals surface area contributed by atoms with Crippen LogP contribution in [0.4, 0.5) is 0 Å². The highest BCUT2D eigenvalue weighted by atomic mass is 16.5. The molecule has 3 rings (SSSR count). The van der Waals surface area contributed by atoms with Gasteiger partial charge in [0.2, 0.25) is 5.88 Å². The summed E-state index contributed by atoms with van der Waals surface area (Å²) in [5.41, 5.74) is 3.07. The van der Waals surface area contributed by atoms with Crippen LogP contribution >= 0.6 is 0 Å². The summed E-state index contributed by atoms with van der Waals surface area (Å²) in [6.07, 6.45) is 0. The van der Waals surface area contributed by atoms with Gasteiger partial charge in [0.1, 0.15) is 11.6 Å². The number of nitrogens with one attached hydrogen (secondary N) is 1. The molecule has 1 aromatic carbocycles. The molecule has 19 heavy (non-hydrogen) atoms. The molecule has 5 nitrogen and oxygen atoms in total. The number of rotatable bonds is 2. The molecule has 0 bridgehead atoms. The zero-order valence-electron chi connectivity index (χ0n) is 10.6. The standard InChI is InChI=1S/C14H13N3O2/c1-8-9(4-3-5-11(8)18)13-15-10-6-7-12(19-2)16-14(10)17-13/h3-7,18H,1-2H3,(H,15,16,17). The third kappa shape index (κ3) is 1.89. The summed E-state index contributed by atoms with van der Waals surface area (Å²) in [6.45, 7) is 1.85. The number of aromatic amines is 1. The topological polar surface area (TPSA) is 71.0 Å². The van der Waals surface area contributed by atoms with E-state index < -0.39 is 0 Å². The fourth-order valence-corrected chi connectivity index (χ4v) is 2.00. The van der Waals surface area contributed by atoms with Crippen molar-refractivity contribution in [2.45, 2.75) is 6.92 Å². The third-order valence-corrected chi connectivity index (χ3v) is 3.09. The van der Waals surface area contributed by atoms with Crippen molar-refractivity contribution in [3.05, 3.63) is 35.9 Å². The molecule has 5 heteroatoms. The molecule has 2 aromatic heterocycles. The Kier molecular flexibility index (Phi) is 2.59. The van der Waals surface area contributed by atoms with Gasteiger partial charge < -0.3 is 14.8 Å². The molecule has 0 aliphatic carbocycles. The minimum atomic E-state index is 0.253. The number of fused-ring (bicyclic) bond motifs is 1. The highest BCUT2D eigenvalue weighted by molar-refractivity contribution is 5.77. The Labute approximate surface area is 109 Å². The zero-order valence-corrected chi connectivity index (χ0v) is 10.6. The first-order valence-electron chi connectivity index (χ1n) is 5.89. The molecular weight excluding hydrogens is 242 g/mol. The Morgan fingerprint density at radius 2 is 2.00 bits per heavy atom. The van der Waals surface area contributed by atoms with Crippen molar-refractivity contribution in [2.75, 3.05) is 7.11 Å². The molecule has 2 N–H and O–H groups in total. The van der Waals surface area contributed by atoms with Crippen LogP contribution in [0.5, 0.6) is 11.6 Å². The van der Waals surface area contributed by atoms with Gasteiger partial charge in [0, 0.05) is 17.2 Å². The summed E-state index contributed by atoms with van der Waals surface area (Å²) < 4.78 is 5.08. The molecule has 2 heterocycles. The van der Waals surface area contributed by atoms with Crippen LogP contribution in [-0.2, 0) is 0 Å². The normalized spacial score (nSPS) is 10.8. The number of ether oxygens (including phenoxy) is 1. The second-order valence-corrected chi connectivity index (χ2v) is 4.26. The maximum Gasteiger partial charge on any atom is 0.215 e. The number of aromatic nitrogens is 3. The molecular formula is C14H13N3O2. The summed E-state index contributed by atoms with van der Waals surface area (Å²) in [7, 11) is 1.57. The van der Waals surface area contributed by atoms with Crippen molar-refractivity contribution in [1.82, 2.24) is 15.0 Å². The quantitative estimate of drug-likeness (QED) is 0.738. The molecule has 0 spiro atoms. The van der Waals surface area contributed by atoms with Gasteiger partial charge in [-0.05, 0) is 19.1 Å². The van der Waals surface area contributed by atoms with E-state index in [-0.39, 0.29) is 5.75 Å². The van der Waals surface area contributed by atoms with E-state index in [4.69, 9.17) is 4.74 Å². The Balaban J connectivity index is 2.18. The van der Waals surface area contributed by atoms with Crippen LogP contribution in [-0.4, -0.2) is 27.2 Å². The lowest BCUT2D eigenvalue weighted by Gasteiger charge is -2.03. The van der Waals surface area contributed by atoms with Gasteiger partial charge in [0.25, 0.3) is 0 Å². The van der Waals surface area contributed by atoms with Gasteiger partial charge in [0.05, 0.1) is 12.6 Å². The van der Waals surface area contributed by atoms with Crippen molar-refractivity contribution in [2.24, 2.45) is 0 Å². The molecule has 0 saturated heterocycles. The van der Waals surface area contributed by atoms with E-state index in [2.05, 4.69) is 15.0 Å². The fourth-order valence-electron chi connectivity index (χ4n) is 2.00. The molecule has 0 aliphatic heterocycles. The number of hydrogen-bond acceptors (Lipinski definition) is 4. The number of pyridine rings is 1. The summed E-state index contributed by atoms with van der Waals surface area (Å²) in [5.74, 6) is 1.46. The highest BCUT2D eigenvalue weighted by Crippen LogP contribution is 2.28. The van der Waals surface area contributed by atoms with Gasteiger partial charge in [-0.15, -0.1) is 0 Å². The monoisotopic (exact) mass is 255 g/mol. The number of benzene rings is 1. The largest absolute Gasteiger partial charge is 0.508 e. The number of aromatic hydroxyl groups is 1. The van der Waals surface area contributed by atoms with Crippen LogP contribution in [0, 0.1) is 6.92 Å². The van der Waals surface area contributed by atoms with Gasteiger partial charge in [-0.1, -0.05) is 12.1 Å². The number of phenolic OH excluding ortho intramolecular Hbond substituents is 1. The molecule has 0 amide bonds. The lowest BCUT2D eigenvalue weighted by atomic mass is 10.1. The molecule has 0 fully saturated rings. The average molecular weight is 255 g/mol. The van der Waals surface area contributed by atoms with Crippen LogP contribution in [0.2, 0.25) is 0 Å². The predicted molar refractivity (Wildman–Crippen MR) is 72.3 cm³/mol. The van der Waals surface area contributed by atoms with Crippen molar-refractivity contribution in [3.63, 3.8) is 0 Å². The Morgan fingerprint density at radius 1 is 1.16 bits per heavy atom. The maximum absolute atomic E-state index is 9.74. The summed E-state index contributed by atoms with van der Waals surface area (Å²) in [6, 6.07) is 9.00. The Bertz CT molecular complexity index is 750. The van der Waals surface area contributed by atoms with E-state index >= 15 is 0 Å². The van der Waals surface area contributed by atoms with Crippen LogP contribution in [0.15, 0.2) is 30.3 Å². The molecule has 0 unspecified atom stereocenters. The zero-order chi connectivity index (χ0) is 13.4. The average Bonchev–Trinajstić information content (AvgIpc) is 2.84. The van der Waals surface area contributed by atoms with E-state index in [1.807, 2.05) is 19.1 Å². The first kappa shape index (κ1) is 11.5. The van der Waals surface area contributed by atoms with Gasteiger partial charge in [-0.2, -0.15) is 4.98 Å². The first-order chi connectivity index (χ1) is 9.19. The van der Waals surface area contributed by atoms with Crippen LogP contribution in [0.25, 0.3) is 22.6 Å². The van der Waals surface area contributed by atoms with Crippen molar-refractivity contribution in [1.29, 1.82) is 0 Å². The van der Waals surface area contributed by atoms with E-state index in [9.17, 15) is 5.11 Å². The van der Waals surface area contributed by atoms with Crippen molar-refractivity contribution >= 4 is 11.2 Å². The number of phenols is 1. The van der Waals surface area contributed by atoms with E-state index in [0.717, 1.165) is 16.6 Å². The van der Waals surface area contributed by atoms with Gasteiger partial charge in [-0.3, -0.25) is 0 Å². The molecule has 0 aliphatic rings. The lowest BCUT2D eigenvalue weighted by molar-refractivity contribution is 0.399. The minimum Gasteiger partial charge on any atom is -0.508 e. The molecule has 0 radical (unpaired) electrons. The SMILES string of the molecule is COc1ccc2[nH]c(-c3cccc(O)c3C)nc2n1. The van der Waals surface area contributed by atoms with Crippen molar-refractivity contribution in [3.8, 4) is 23.0 Å². The number of imidazole rings is 1. The fraction of sp³-hybridized carbons (Fsp3) is 0.143. The number of hydrogen-bond donors (Lipinski definition) is 2. The molecule has 0 atom stereocenters. The smallest absolute Gasteiger partial charge is 0.215 e. The Morgan fingerprint density at radius 3 is 2.79 bits per heavy atom. The van der Waals surface area contributed by atoms with E-state index in [1.54, 1.807) is 25.3 Å². The highest BCUT2D eigenvalue weighted by Gasteiger charge is 2.11. The van der Waals surface area contributed by atoms with Crippen LogP contribution in [0.1, 0.15) is 5.56 Å². The maximum atomic E-state index is 9.74. The minimum absolute atomic E-state index is 0.253. The van der Waals surface area contributed by atoms with E-state index in [0.29, 0.717) is 17.4 Å². The van der Waals surface area contributed by atoms with Gasteiger partial charge >= 0.3 is 0 Å². The Hall–Kier alpha value is -2.56. The number of H-pyrrole nitrogens is 1. The molecule has 0 saturated carbocycles. The number of nitrogens with zero attached hydrogens (tertiary/aromatic N) is 2. The summed E-state index contributed by atoms with van der Waals surface area (Å²) >= 11 is 0. The second-order valence-electron chi connectivity index (χ2n) is 4.26. The lowest BCUT2D eigenvalue weighted by Crippen LogP contribution is -1.87. The molecule has 3 aromatic rings. The summed E-state index contributed by atoms with van der Waals surface area (Å²) in [4.78, 5) is 11.9. The van der Waals surface area contributed by atoms with Gasteiger partial charge in [0.15, 0.2) is 5.65 Å². The van der Waals surface area contributed by atoms with Crippen molar-refractivity contribution < 1.29 is 9.84 Å². The first-order valence-corrected chi connectivity index (χ1v) is 5.89. The number of methoxy groups -OCH3 is 1. The van der Waals surface area contributed by atoms with Gasteiger partial charge in [-0.25, -0.2) is 4.98 Å². The van der Waals surface area contributed by atoms with Crippen LogP contribution in [0.3, 0.4) is 0 Å². The predicted octanol–water partition coefficient (Wildman–Crippen LogP) is 2.65. The molecule has 96 valence electrons. The summed E-state index contributed by atoms with van der Waals surface area (Å²) in [5, 5.41) is 9.74. The van der Waals surface area contributed by atoms with E-state index in [1.165, 1.54) is 0 Å². The third-order valence-electron chi connectivity index (χ3n) is 3.09. The second kappa shape index (κ2) is 4.28.